The number of fused-ring (bicyclic) bond motifs is 1. The van der Waals surface area contributed by atoms with Gasteiger partial charge in [0.15, 0.2) is 0 Å². The molecule has 0 aliphatic rings. The highest BCUT2D eigenvalue weighted by atomic mass is 16.5. The highest BCUT2D eigenvalue weighted by Gasteiger charge is 2.12. The summed E-state index contributed by atoms with van der Waals surface area (Å²) in [7, 11) is 1.65. The Hall–Kier alpha value is -4.38. The molecule has 0 bridgehead atoms. The van der Waals surface area contributed by atoms with Crippen LogP contribution < -0.4 is 10.1 Å². The number of methoxy groups -OCH3 is 1. The van der Waals surface area contributed by atoms with Crippen molar-refractivity contribution < 1.29 is 9.53 Å². The van der Waals surface area contributed by atoms with Gasteiger partial charge >= 0.3 is 0 Å². The van der Waals surface area contributed by atoms with Crippen LogP contribution in [0, 0.1) is 0 Å². The van der Waals surface area contributed by atoms with E-state index in [1.807, 2.05) is 48.5 Å². The van der Waals surface area contributed by atoms with Crippen molar-refractivity contribution in [3.63, 3.8) is 0 Å². The van der Waals surface area contributed by atoms with Crippen molar-refractivity contribution in [3.05, 3.63) is 120 Å². The van der Waals surface area contributed by atoms with Crippen LogP contribution in [0.15, 0.2) is 103 Å². The first-order valence-electron chi connectivity index (χ1n) is 12.2. The molecule has 1 amide bonds. The monoisotopic (exact) mass is 475 g/mol. The maximum absolute atomic E-state index is 12.4. The molecular weight excluding hydrogens is 446 g/mol. The minimum absolute atomic E-state index is 0.00939. The van der Waals surface area contributed by atoms with Gasteiger partial charge in [0.1, 0.15) is 11.6 Å². The molecule has 5 heteroatoms. The molecule has 36 heavy (non-hydrogen) atoms. The average Bonchev–Trinajstić information content (AvgIpc) is 3.31. The lowest BCUT2D eigenvalue weighted by Crippen LogP contribution is -2.12. The number of hydrogen-bond acceptors (Lipinski definition) is 3. The molecular formula is C31H29N3O2. The molecule has 180 valence electrons. The Morgan fingerprint density at radius 2 is 1.44 bits per heavy atom. The molecule has 1 aromatic heterocycles. The normalized spacial score (nSPS) is 10.9. The van der Waals surface area contributed by atoms with Crippen molar-refractivity contribution in [2.75, 3.05) is 12.4 Å². The first-order valence-corrected chi connectivity index (χ1v) is 12.2. The van der Waals surface area contributed by atoms with Crippen LogP contribution in [0.2, 0.25) is 0 Å². The minimum atomic E-state index is 0.00939. The zero-order chi connectivity index (χ0) is 24.7. The fourth-order valence-electron chi connectivity index (χ4n) is 4.39. The zero-order valence-corrected chi connectivity index (χ0v) is 20.4. The maximum atomic E-state index is 12.4. The van der Waals surface area contributed by atoms with Crippen LogP contribution in [0.25, 0.3) is 16.7 Å². The van der Waals surface area contributed by atoms with Gasteiger partial charge in [0.25, 0.3) is 0 Å². The summed E-state index contributed by atoms with van der Waals surface area (Å²) in [6.07, 6.45) is 2.80. The molecule has 0 saturated heterocycles. The van der Waals surface area contributed by atoms with E-state index in [0.29, 0.717) is 12.8 Å². The summed E-state index contributed by atoms with van der Waals surface area (Å²) in [5.74, 6) is 1.87. The van der Waals surface area contributed by atoms with Gasteiger partial charge in [0.05, 0.1) is 18.1 Å². The number of nitrogens with one attached hydrogen (secondary N) is 1. The minimum Gasteiger partial charge on any atom is -0.497 e. The Labute approximate surface area is 211 Å². The van der Waals surface area contributed by atoms with E-state index in [-0.39, 0.29) is 5.91 Å². The number of imidazole rings is 1. The zero-order valence-electron chi connectivity index (χ0n) is 20.4. The van der Waals surface area contributed by atoms with Gasteiger partial charge in [0.2, 0.25) is 5.91 Å². The molecule has 0 aliphatic carbocycles. The van der Waals surface area contributed by atoms with E-state index in [1.54, 1.807) is 7.11 Å². The first kappa shape index (κ1) is 23.4. The van der Waals surface area contributed by atoms with E-state index in [9.17, 15) is 4.79 Å². The predicted molar refractivity (Wildman–Crippen MR) is 145 cm³/mol. The highest BCUT2D eigenvalue weighted by Crippen LogP contribution is 2.23. The fourth-order valence-corrected chi connectivity index (χ4v) is 4.39. The van der Waals surface area contributed by atoms with Gasteiger partial charge in [-0.05, 0) is 72.5 Å². The van der Waals surface area contributed by atoms with E-state index < -0.39 is 0 Å². The van der Waals surface area contributed by atoms with Crippen molar-refractivity contribution in [2.24, 2.45) is 0 Å². The van der Waals surface area contributed by atoms with E-state index in [4.69, 9.17) is 9.72 Å². The maximum Gasteiger partial charge on any atom is 0.224 e. The van der Waals surface area contributed by atoms with Crippen LogP contribution in [0.1, 0.15) is 23.4 Å². The summed E-state index contributed by atoms with van der Waals surface area (Å²) in [6, 6.07) is 34.5. The fraction of sp³-hybridized carbons (Fsp3) is 0.161. The summed E-state index contributed by atoms with van der Waals surface area (Å²) in [6.45, 7) is 0. The SMILES string of the molecule is COc1ccc(CCC(=O)Nc2ccc(CCc3nc4ccccc4n3-c3ccccc3)cc2)cc1. The third-order valence-corrected chi connectivity index (χ3v) is 6.32. The number of aromatic nitrogens is 2. The smallest absolute Gasteiger partial charge is 0.224 e. The number of aryl methyl sites for hydroxylation is 3. The highest BCUT2D eigenvalue weighted by molar-refractivity contribution is 5.90. The molecule has 1 N–H and O–H groups in total. The average molecular weight is 476 g/mol. The summed E-state index contributed by atoms with van der Waals surface area (Å²) in [5.41, 5.74) is 6.38. The quantitative estimate of drug-likeness (QED) is 0.269. The largest absolute Gasteiger partial charge is 0.497 e. The van der Waals surface area contributed by atoms with Crippen LogP contribution in [-0.4, -0.2) is 22.6 Å². The third kappa shape index (κ3) is 5.47. The lowest BCUT2D eigenvalue weighted by atomic mass is 10.1. The Balaban J connectivity index is 1.20. The van der Waals surface area contributed by atoms with E-state index in [1.165, 1.54) is 5.56 Å². The number of carbonyl (C=O) groups excluding carboxylic acids is 1. The number of rotatable bonds is 9. The lowest BCUT2D eigenvalue weighted by Gasteiger charge is -2.10. The number of nitrogens with zero attached hydrogens (tertiary/aromatic N) is 2. The summed E-state index contributed by atoms with van der Waals surface area (Å²) >= 11 is 0. The van der Waals surface area contributed by atoms with Gasteiger partial charge in [-0.2, -0.15) is 0 Å². The van der Waals surface area contributed by atoms with Crippen molar-refractivity contribution >= 4 is 22.6 Å². The van der Waals surface area contributed by atoms with Crippen molar-refractivity contribution in [2.45, 2.75) is 25.7 Å². The van der Waals surface area contributed by atoms with Gasteiger partial charge in [-0.1, -0.05) is 54.6 Å². The number of hydrogen-bond donors (Lipinski definition) is 1. The van der Waals surface area contributed by atoms with Gasteiger partial charge in [-0.3, -0.25) is 9.36 Å². The van der Waals surface area contributed by atoms with Crippen LogP contribution in [-0.2, 0) is 24.1 Å². The molecule has 0 atom stereocenters. The molecule has 0 saturated carbocycles. The number of benzene rings is 4. The molecule has 5 aromatic rings. The molecule has 5 rings (SSSR count). The number of para-hydroxylation sites is 3. The summed E-state index contributed by atoms with van der Waals surface area (Å²) in [4.78, 5) is 17.3. The molecule has 0 radical (unpaired) electrons. The van der Waals surface area contributed by atoms with Gasteiger partial charge in [-0.25, -0.2) is 4.98 Å². The molecule has 1 heterocycles. The number of ether oxygens (including phenoxy) is 1. The van der Waals surface area contributed by atoms with Crippen LogP contribution >= 0.6 is 0 Å². The molecule has 0 unspecified atom stereocenters. The molecule has 5 nitrogen and oxygen atoms in total. The number of amides is 1. The Morgan fingerprint density at radius 1 is 0.778 bits per heavy atom. The topological polar surface area (TPSA) is 56.1 Å². The Kier molecular flexibility index (Phi) is 7.08. The van der Waals surface area contributed by atoms with E-state index in [2.05, 4.69) is 64.5 Å². The predicted octanol–water partition coefficient (Wildman–Crippen LogP) is 6.39. The molecule has 4 aromatic carbocycles. The van der Waals surface area contributed by atoms with Crippen LogP contribution in [0.5, 0.6) is 5.75 Å². The van der Waals surface area contributed by atoms with Crippen molar-refractivity contribution in [1.29, 1.82) is 0 Å². The summed E-state index contributed by atoms with van der Waals surface area (Å²) in [5, 5.41) is 3.00. The second kappa shape index (κ2) is 10.9. The number of carbonyl (C=O) groups is 1. The number of anilines is 1. The molecule has 0 fully saturated rings. The van der Waals surface area contributed by atoms with Gasteiger partial charge in [-0.15, -0.1) is 0 Å². The Morgan fingerprint density at radius 3 is 2.19 bits per heavy atom. The van der Waals surface area contributed by atoms with Gasteiger partial charge < -0.3 is 10.1 Å². The van der Waals surface area contributed by atoms with Gasteiger partial charge in [0, 0.05) is 24.2 Å². The van der Waals surface area contributed by atoms with Crippen LogP contribution in [0.3, 0.4) is 0 Å². The second-order valence-electron chi connectivity index (χ2n) is 8.78. The van der Waals surface area contributed by atoms with E-state index in [0.717, 1.165) is 52.4 Å². The third-order valence-electron chi connectivity index (χ3n) is 6.32. The van der Waals surface area contributed by atoms with Crippen molar-refractivity contribution in [1.82, 2.24) is 9.55 Å². The molecule has 0 spiro atoms. The van der Waals surface area contributed by atoms with Crippen LogP contribution in [0.4, 0.5) is 5.69 Å². The standard InChI is InChI=1S/C31H29N3O2/c1-36-27-19-13-24(14-20-27)16-22-31(35)32-25-17-11-23(12-18-25)15-21-30-33-28-9-5-6-10-29(28)34(30)26-7-3-2-4-8-26/h2-14,17-20H,15-16,21-22H2,1H3,(H,32,35). The molecule has 0 aliphatic heterocycles. The second-order valence-corrected chi connectivity index (χ2v) is 8.78. The summed E-state index contributed by atoms with van der Waals surface area (Å²) < 4.78 is 7.42. The lowest BCUT2D eigenvalue weighted by molar-refractivity contribution is -0.116. The first-order chi connectivity index (χ1) is 17.7. The van der Waals surface area contributed by atoms with Crippen molar-refractivity contribution in [3.8, 4) is 11.4 Å². The van der Waals surface area contributed by atoms with E-state index >= 15 is 0 Å². The Bertz CT molecular complexity index is 1440.